The number of halogens is 1. The fraction of sp³-hybridized carbons (Fsp3) is 0.571. The monoisotopic (exact) mass is 345 g/mol. The van der Waals surface area contributed by atoms with Crippen LogP contribution in [0.25, 0.3) is 0 Å². The Morgan fingerprint density at radius 3 is 2.53 bits per heavy atom. The van der Waals surface area contributed by atoms with Crippen LogP contribution in [-0.2, 0) is 10.0 Å². The number of hydrogen-bond acceptors (Lipinski definition) is 2. The predicted molar refractivity (Wildman–Crippen MR) is 80.5 cm³/mol. The average molecular weight is 346 g/mol. The molecule has 0 radical (unpaired) electrons. The van der Waals surface area contributed by atoms with Crippen molar-refractivity contribution in [1.82, 2.24) is 4.31 Å². The minimum absolute atomic E-state index is 0.166. The van der Waals surface area contributed by atoms with Gasteiger partial charge in [0, 0.05) is 17.6 Å². The summed E-state index contributed by atoms with van der Waals surface area (Å²) >= 11 is 3.33. The van der Waals surface area contributed by atoms with E-state index < -0.39 is 10.0 Å². The maximum absolute atomic E-state index is 12.6. The Hall–Kier alpha value is -0.390. The number of rotatable bonds is 4. The molecule has 1 aliphatic heterocycles. The van der Waals surface area contributed by atoms with Crippen molar-refractivity contribution in [3.63, 3.8) is 0 Å². The highest BCUT2D eigenvalue weighted by atomic mass is 79.9. The van der Waals surface area contributed by atoms with Crippen LogP contribution in [0.2, 0.25) is 0 Å². The van der Waals surface area contributed by atoms with Crippen LogP contribution in [-0.4, -0.2) is 25.8 Å². The van der Waals surface area contributed by atoms with E-state index >= 15 is 0 Å². The molecule has 2 rings (SSSR count). The van der Waals surface area contributed by atoms with Crippen LogP contribution in [0, 0.1) is 5.41 Å². The second-order valence-corrected chi connectivity index (χ2v) is 8.11. The first-order chi connectivity index (χ1) is 8.93. The lowest BCUT2D eigenvalue weighted by atomic mass is 9.82. The molecule has 3 nitrogen and oxygen atoms in total. The zero-order valence-electron chi connectivity index (χ0n) is 11.4. The van der Waals surface area contributed by atoms with Crippen molar-refractivity contribution in [3.05, 3.63) is 28.7 Å². The van der Waals surface area contributed by atoms with Crippen LogP contribution in [0.3, 0.4) is 0 Å². The zero-order valence-corrected chi connectivity index (χ0v) is 13.8. The van der Waals surface area contributed by atoms with E-state index in [4.69, 9.17) is 0 Å². The Labute approximate surface area is 124 Å². The van der Waals surface area contributed by atoms with Gasteiger partial charge in [-0.2, -0.15) is 4.31 Å². The number of nitrogens with zero attached hydrogens (tertiary/aromatic N) is 1. The van der Waals surface area contributed by atoms with E-state index in [1.165, 1.54) is 0 Å². The lowest BCUT2D eigenvalue weighted by molar-refractivity contribution is 0.279. The molecular formula is C14H20BrNO2S. The molecule has 1 aromatic rings. The summed E-state index contributed by atoms with van der Waals surface area (Å²) in [6.07, 6.45) is 3.04. The van der Waals surface area contributed by atoms with Crippen molar-refractivity contribution < 1.29 is 8.42 Å². The van der Waals surface area contributed by atoms with Gasteiger partial charge in [-0.05, 0) is 42.9 Å². The number of benzene rings is 1. The molecule has 1 heterocycles. The van der Waals surface area contributed by atoms with Gasteiger partial charge < -0.3 is 0 Å². The van der Waals surface area contributed by atoms with Gasteiger partial charge >= 0.3 is 0 Å². The van der Waals surface area contributed by atoms with Crippen molar-refractivity contribution in [2.75, 3.05) is 13.1 Å². The zero-order chi connectivity index (χ0) is 14.1. The quantitative estimate of drug-likeness (QED) is 0.835. The third-order valence-electron chi connectivity index (χ3n) is 4.34. The third kappa shape index (κ3) is 2.88. The molecule has 0 aliphatic carbocycles. The van der Waals surface area contributed by atoms with Crippen molar-refractivity contribution in [1.29, 1.82) is 0 Å². The van der Waals surface area contributed by atoms with E-state index in [1.54, 1.807) is 22.5 Å². The molecule has 0 unspecified atom stereocenters. The second kappa shape index (κ2) is 5.54. The molecule has 0 atom stereocenters. The molecule has 0 aromatic heterocycles. The summed E-state index contributed by atoms with van der Waals surface area (Å²) in [6, 6.07) is 6.94. The standard InChI is InChI=1S/C14H20BrNO2S/c1-3-14(4-2)8-9-16(11-14)19(17,18)13-7-5-6-12(15)10-13/h5-7,10H,3-4,8-9,11H2,1-2H3. The van der Waals surface area contributed by atoms with Gasteiger partial charge in [0.25, 0.3) is 0 Å². The van der Waals surface area contributed by atoms with Crippen LogP contribution >= 0.6 is 15.9 Å². The molecule has 0 saturated carbocycles. The Morgan fingerprint density at radius 2 is 2.00 bits per heavy atom. The van der Waals surface area contributed by atoms with Gasteiger partial charge in [-0.25, -0.2) is 8.42 Å². The smallest absolute Gasteiger partial charge is 0.207 e. The normalized spacial score (nSPS) is 19.7. The van der Waals surface area contributed by atoms with Gasteiger partial charge in [0.15, 0.2) is 0 Å². The van der Waals surface area contributed by atoms with Crippen molar-refractivity contribution in [2.45, 2.75) is 38.0 Å². The number of hydrogen-bond donors (Lipinski definition) is 0. The lowest BCUT2D eigenvalue weighted by Crippen LogP contribution is -2.31. The summed E-state index contributed by atoms with van der Waals surface area (Å²) in [5.74, 6) is 0. The van der Waals surface area contributed by atoms with Gasteiger partial charge in [0.05, 0.1) is 4.90 Å². The Bertz CT molecular complexity index is 552. The molecule has 0 amide bonds. The second-order valence-electron chi connectivity index (χ2n) is 5.25. The van der Waals surface area contributed by atoms with E-state index in [1.807, 2.05) is 6.07 Å². The Morgan fingerprint density at radius 1 is 1.32 bits per heavy atom. The molecule has 1 fully saturated rings. The van der Waals surface area contributed by atoms with Gasteiger partial charge in [0.1, 0.15) is 0 Å². The summed E-state index contributed by atoms with van der Waals surface area (Å²) in [5, 5.41) is 0. The fourth-order valence-electron chi connectivity index (χ4n) is 2.70. The topological polar surface area (TPSA) is 37.4 Å². The number of sulfonamides is 1. The molecule has 1 aliphatic rings. The summed E-state index contributed by atoms with van der Waals surface area (Å²) < 4.78 is 27.7. The lowest BCUT2D eigenvalue weighted by Gasteiger charge is -2.26. The van der Waals surface area contributed by atoms with E-state index in [-0.39, 0.29) is 5.41 Å². The highest BCUT2D eigenvalue weighted by molar-refractivity contribution is 9.10. The summed E-state index contributed by atoms with van der Waals surface area (Å²) in [6.45, 7) is 5.59. The summed E-state index contributed by atoms with van der Waals surface area (Å²) in [4.78, 5) is 0.380. The van der Waals surface area contributed by atoms with Crippen LogP contribution in [0.1, 0.15) is 33.1 Å². The SMILES string of the molecule is CCC1(CC)CCN(S(=O)(=O)c2cccc(Br)c2)C1. The maximum atomic E-state index is 12.6. The van der Waals surface area contributed by atoms with Crippen molar-refractivity contribution in [3.8, 4) is 0 Å². The van der Waals surface area contributed by atoms with E-state index in [0.717, 1.165) is 23.7 Å². The largest absolute Gasteiger partial charge is 0.243 e. The highest BCUT2D eigenvalue weighted by Gasteiger charge is 2.40. The van der Waals surface area contributed by atoms with Crippen LogP contribution in [0.4, 0.5) is 0 Å². The first-order valence-corrected chi connectivity index (χ1v) is 8.92. The van der Waals surface area contributed by atoms with Gasteiger partial charge in [-0.15, -0.1) is 0 Å². The molecule has 19 heavy (non-hydrogen) atoms. The maximum Gasteiger partial charge on any atom is 0.243 e. The van der Waals surface area contributed by atoms with Crippen molar-refractivity contribution in [2.24, 2.45) is 5.41 Å². The van der Waals surface area contributed by atoms with Crippen LogP contribution in [0.5, 0.6) is 0 Å². The molecule has 5 heteroatoms. The van der Waals surface area contributed by atoms with Crippen molar-refractivity contribution >= 4 is 26.0 Å². The van der Waals surface area contributed by atoms with Crippen LogP contribution in [0.15, 0.2) is 33.6 Å². The molecule has 0 spiro atoms. The first-order valence-electron chi connectivity index (χ1n) is 6.69. The molecule has 1 aromatic carbocycles. The molecule has 1 saturated heterocycles. The van der Waals surface area contributed by atoms with Gasteiger partial charge in [-0.1, -0.05) is 35.8 Å². The van der Waals surface area contributed by atoms with Crippen LogP contribution < -0.4 is 0 Å². The third-order valence-corrected chi connectivity index (χ3v) is 6.67. The molecule has 0 N–H and O–H groups in total. The average Bonchev–Trinajstić information content (AvgIpc) is 2.84. The minimum Gasteiger partial charge on any atom is -0.207 e. The fourth-order valence-corrected chi connectivity index (χ4v) is 4.85. The Balaban J connectivity index is 2.28. The first kappa shape index (κ1) is 15.0. The predicted octanol–water partition coefficient (Wildman–Crippen LogP) is 3.65. The molecule has 106 valence electrons. The van der Waals surface area contributed by atoms with E-state index in [0.29, 0.717) is 18.0 Å². The van der Waals surface area contributed by atoms with E-state index in [9.17, 15) is 8.42 Å². The van der Waals surface area contributed by atoms with Gasteiger partial charge in [0.2, 0.25) is 10.0 Å². The Kier molecular flexibility index (Phi) is 4.38. The molecular weight excluding hydrogens is 326 g/mol. The van der Waals surface area contributed by atoms with E-state index in [2.05, 4.69) is 29.8 Å². The van der Waals surface area contributed by atoms with Gasteiger partial charge in [-0.3, -0.25) is 0 Å². The minimum atomic E-state index is -3.35. The molecule has 0 bridgehead atoms. The summed E-state index contributed by atoms with van der Waals surface area (Å²) in [5.41, 5.74) is 0.166. The highest BCUT2D eigenvalue weighted by Crippen LogP contribution is 2.39. The summed E-state index contributed by atoms with van der Waals surface area (Å²) in [7, 11) is -3.35.